The lowest BCUT2D eigenvalue weighted by molar-refractivity contribution is -0.203. The van der Waals surface area contributed by atoms with E-state index in [0.717, 1.165) is 44.1 Å². The Morgan fingerprint density at radius 3 is 2.38 bits per heavy atom. The highest BCUT2D eigenvalue weighted by atomic mass is 32.2. The Hall–Kier alpha value is -1.64. The molecule has 5 rings (SSSR count). The number of aliphatic hydroxyl groups excluding tert-OH is 2. The number of amides is 1. The third kappa shape index (κ3) is 5.65. The SMILES string of the molecule is CC[C@H]1[C@@H](O)C2[C@@H]3CC[C@H]([C@H](C)CCCOC(=O)NS(=O)(=O)c4ccc(C)cc4)[C@@]3(C)CC[C@@H]2[C@@]2(C)CC[C@@H](O)C[C@@H]12. The Labute approximate surface area is 253 Å². The van der Waals surface area contributed by atoms with E-state index < -0.39 is 16.1 Å². The van der Waals surface area contributed by atoms with Crippen LogP contribution in [-0.4, -0.2) is 43.5 Å². The molecule has 0 bridgehead atoms. The second kappa shape index (κ2) is 12.0. The molecule has 1 aromatic rings. The Balaban J connectivity index is 1.17. The van der Waals surface area contributed by atoms with Gasteiger partial charge in [-0.2, -0.15) is 0 Å². The minimum absolute atomic E-state index is 0.0383. The number of fused-ring (bicyclic) bond motifs is 5. The van der Waals surface area contributed by atoms with E-state index in [0.29, 0.717) is 41.9 Å². The number of rotatable bonds is 8. The zero-order valence-electron chi connectivity index (χ0n) is 26.2. The van der Waals surface area contributed by atoms with Crippen LogP contribution in [0.25, 0.3) is 0 Å². The normalized spacial score (nSPS) is 40.4. The third-order valence-corrected chi connectivity index (χ3v) is 14.1. The number of sulfonamides is 1. The maximum Gasteiger partial charge on any atom is 0.421 e. The van der Waals surface area contributed by atoms with Gasteiger partial charge in [0.15, 0.2) is 0 Å². The summed E-state index contributed by atoms with van der Waals surface area (Å²) in [5.41, 5.74) is 1.34. The number of aliphatic hydroxyl groups is 2. The standard InChI is InChI=1S/C34H53NO6S/c1-6-25-29-20-23(36)15-17-34(29,5)28-16-18-33(4)26(13-14-27(33)30(28)31(25)37)22(3)8-7-19-41-32(38)35-42(39,40)24-11-9-21(2)10-12-24/h9-12,22-23,25-31,36-37H,6-8,13-20H2,1-5H3,(H,35,38)/t22-,23-,25-,26-,27+,28+,29+,30?,31-,33-,34-/m1/s1. The van der Waals surface area contributed by atoms with Crippen LogP contribution in [0.5, 0.6) is 0 Å². The molecule has 0 spiro atoms. The molecule has 0 radical (unpaired) electrons. The van der Waals surface area contributed by atoms with Crippen molar-refractivity contribution in [1.82, 2.24) is 4.72 Å². The van der Waals surface area contributed by atoms with Gasteiger partial charge in [0.1, 0.15) is 0 Å². The highest BCUT2D eigenvalue weighted by molar-refractivity contribution is 7.90. The van der Waals surface area contributed by atoms with Crippen molar-refractivity contribution >= 4 is 16.1 Å². The summed E-state index contributed by atoms with van der Waals surface area (Å²) in [6.07, 6.45) is 8.63. The van der Waals surface area contributed by atoms with E-state index in [1.54, 1.807) is 12.1 Å². The van der Waals surface area contributed by atoms with Crippen molar-refractivity contribution in [3.63, 3.8) is 0 Å². The summed E-state index contributed by atoms with van der Waals surface area (Å²) in [5.74, 6) is 3.08. The molecule has 1 amide bonds. The molecule has 0 heterocycles. The van der Waals surface area contributed by atoms with Crippen molar-refractivity contribution in [2.45, 2.75) is 116 Å². The maximum absolute atomic E-state index is 12.5. The number of hydrogen-bond acceptors (Lipinski definition) is 6. The largest absolute Gasteiger partial charge is 0.449 e. The summed E-state index contributed by atoms with van der Waals surface area (Å²) in [4.78, 5) is 12.3. The molecule has 4 aliphatic carbocycles. The number of carbonyl (C=O) groups is 1. The summed E-state index contributed by atoms with van der Waals surface area (Å²) in [6, 6.07) is 6.33. The van der Waals surface area contributed by atoms with Crippen molar-refractivity contribution in [3.05, 3.63) is 29.8 Å². The monoisotopic (exact) mass is 603 g/mol. The van der Waals surface area contributed by atoms with E-state index in [-0.39, 0.29) is 40.5 Å². The summed E-state index contributed by atoms with van der Waals surface area (Å²) in [7, 11) is -3.96. The second-order valence-electron chi connectivity index (χ2n) is 14.8. The van der Waals surface area contributed by atoms with Crippen LogP contribution in [0.3, 0.4) is 0 Å². The molecule has 1 unspecified atom stereocenters. The predicted molar refractivity (Wildman–Crippen MR) is 163 cm³/mol. The van der Waals surface area contributed by atoms with Crippen molar-refractivity contribution in [2.75, 3.05) is 6.61 Å². The molecule has 4 saturated carbocycles. The summed E-state index contributed by atoms with van der Waals surface area (Å²) < 4.78 is 32.2. The summed E-state index contributed by atoms with van der Waals surface area (Å²) in [5, 5.41) is 22.4. The Kier molecular flexibility index (Phi) is 9.11. The molecular formula is C34H53NO6S. The molecule has 0 aromatic heterocycles. The van der Waals surface area contributed by atoms with Crippen molar-refractivity contribution in [2.24, 2.45) is 52.3 Å². The lowest BCUT2D eigenvalue weighted by atomic mass is 9.41. The molecule has 7 nitrogen and oxygen atoms in total. The molecule has 1 aromatic carbocycles. The number of nitrogens with one attached hydrogen (secondary N) is 1. The Morgan fingerprint density at radius 2 is 1.69 bits per heavy atom. The first-order valence-electron chi connectivity index (χ1n) is 16.4. The van der Waals surface area contributed by atoms with Gasteiger partial charge >= 0.3 is 6.09 Å². The first-order valence-corrected chi connectivity index (χ1v) is 17.9. The molecule has 4 fully saturated rings. The zero-order chi connectivity index (χ0) is 30.4. The predicted octanol–water partition coefficient (Wildman–Crippen LogP) is 6.45. The van der Waals surface area contributed by atoms with Gasteiger partial charge in [-0.3, -0.25) is 0 Å². The van der Waals surface area contributed by atoms with Crippen LogP contribution >= 0.6 is 0 Å². The number of hydrogen-bond donors (Lipinski definition) is 3. The fourth-order valence-corrected chi connectivity index (χ4v) is 11.5. The van der Waals surface area contributed by atoms with Crippen molar-refractivity contribution < 1.29 is 28.2 Å². The maximum atomic E-state index is 12.5. The van der Waals surface area contributed by atoms with E-state index in [9.17, 15) is 23.4 Å². The van der Waals surface area contributed by atoms with Gasteiger partial charge < -0.3 is 14.9 Å². The number of aryl methyl sites for hydroxylation is 1. The van der Waals surface area contributed by atoms with E-state index in [2.05, 4.69) is 27.7 Å². The van der Waals surface area contributed by atoms with Gasteiger partial charge in [0.05, 0.1) is 23.7 Å². The number of carbonyl (C=O) groups excluding carboxylic acids is 1. The van der Waals surface area contributed by atoms with Gasteiger partial charge in [-0.25, -0.2) is 17.9 Å². The molecule has 0 aliphatic heterocycles. The van der Waals surface area contributed by atoms with E-state index in [1.807, 2.05) is 11.6 Å². The zero-order valence-corrected chi connectivity index (χ0v) is 27.0. The third-order valence-electron chi connectivity index (χ3n) is 12.7. The lowest BCUT2D eigenvalue weighted by Crippen LogP contribution is -2.62. The Morgan fingerprint density at radius 1 is 1.02 bits per heavy atom. The molecule has 4 aliphatic rings. The van der Waals surface area contributed by atoms with E-state index >= 15 is 0 Å². The molecule has 236 valence electrons. The second-order valence-corrected chi connectivity index (χ2v) is 16.5. The molecule has 11 atom stereocenters. The van der Waals surface area contributed by atoms with Gasteiger partial charge in [-0.1, -0.05) is 51.8 Å². The summed E-state index contributed by atoms with van der Waals surface area (Å²) in [6.45, 7) is 11.6. The van der Waals surface area contributed by atoms with Gasteiger partial charge in [0.2, 0.25) is 0 Å². The minimum Gasteiger partial charge on any atom is -0.449 e. The van der Waals surface area contributed by atoms with Gasteiger partial charge in [-0.15, -0.1) is 0 Å². The quantitative estimate of drug-likeness (QED) is 0.294. The van der Waals surface area contributed by atoms with Crippen LogP contribution in [0.4, 0.5) is 4.79 Å². The van der Waals surface area contributed by atoms with E-state index in [1.165, 1.54) is 31.4 Å². The summed E-state index contributed by atoms with van der Waals surface area (Å²) >= 11 is 0. The number of ether oxygens (including phenoxy) is 1. The average molecular weight is 604 g/mol. The topological polar surface area (TPSA) is 113 Å². The lowest BCUT2D eigenvalue weighted by Gasteiger charge is -2.64. The molecule has 0 saturated heterocycles. The van der Waals surface area contributed by atoms with Crippen molar-refractivity contribution in [1.29, 1.82) is 0 Å². The fourth-order valence-electron chi connectivity index (χ4n) is 10.6. The van der Waals surface area contributed by atoms with Crippen LogP contribution in [0.15, 0.2) is 29.2 Å². The first-order chi connectivity index (χ1) is 19.8. The van der Waals surface area contributed by atoms with Crippen LogP contribution in [0.1, 0.15) is 97.5 Å². The van der Waals surface area contributed by atoms with Gasteiger partial charge in [-0.05, 0) is 129 Å². The highest BCUT2D eigenvalue weighted by Crippen LogP contribution is 2.69. The van der Waals surface area contributed by atoms with E-state index in [4.69, 9.17) is 4.74 Å². The smallest absolute Gasteiger partial charge is 0.421 e. The highest BCUT2D eigenvalue weighted by Gasteiger charge is 2.64. The van der Waals surface area contributed by atoms with Crippen molar-refractivity contribution in [3.8, 4) is 0 Å². The van der Waals surface area contributed by atoms with Gasteiger partial charge in [0, 0.05) is 0 Å². The van der Waals surface area contributed by atoms with Crippen LogP contribution in [0.2, 0.25) is 0 Å². The fraction of sp³-hybridized carbons (Fsp3) is 0.794. The Bertz CT molecular complexity index is 1220. The van der Waals surface area contributed by atoms with Crippen LogP contribution in [-0.2, 0) is 14.8 Å². The molecule has 42 heavy (non-hydrogen) atoms. The molecule has 8 heteroatoms. The number of benzene rings is 1. The van der Waals surface area contributed by atoms with Crippen LogP contribution < -0.4 is 4.72 Å². The van der Waals surface area contributed by atoms with Crippen LogP contribution in [0, 0.1) is 59.2 Å². The minimum atomic E-state index is -3.96. The molecular weight excluding hydrogens is 550 g/mol. The average Bonchev–Trinajstić information content (AvgIpc) is 3.29. The first kappa shape index (κ1) is 31.8. The van der Waals surface area contributed by atoms with Gasteiger partial charge in [0.25, 0.3) is 10.0 Å². The molecule has 3 N–H and O–H groups in total.